The number of hydrogen-bond acceptors (Lipinski definition) is 8. The van der Waals surface area contributed by atoms with Crippen LogP contribution in [-0.2, 0) is 12.1 Å². The first kappa shape index (κ1) is 22.7. The van der Waals surface area contributed by atoms with Crippen molar-refractivity contribution in [3.05, 3.63) is 72.4 Å². The van der Waals surface area contributed by atoms with Crippen LogP contribution in [0.5, 0.6) is 5.75 Å². The van der Waals surface area contributed by atoms with Crippen LogP contribution in [-0.4, -0.2) is 30.6 Å². The third kappa shape index (κ3) is 4.80. The van der Waals surface area contributed by atoms with Crippen LogP contribution in [0.1, 0.15) is 36.8 Å². The Hall–Kier alpha value is -4.47. The zero-order valence-electron chi connectivity index (χ0n) is 19.2. The van der Waals surface area contributed by atoms with Crippen LogP contribution in [0.2, 0.25) is 0 Å². The second kappa shape index (κ2) is 9.18. The molecule has 0 aliphatic heterocycles. The van der Waals surface area contributed by atoms with Crippen molar-refractivity contribution < 1.29 is 9.53 Å². The van der Waals surface area contributed by atoms with Gasteiger partial charge in [0.05, 0.1) is 23.1 Å². The largest absolute Gasteiger partial charge is 0.485 e. The SMILES string of the molecule is CC(C)(C)n1nc(-c2ccc(N)c(OCc3ccccn3)c2)c(C(N)=O)c1Nc1cnccn1. The molecule has 0 radical (unpaired) electrons. The second-order valence-electron chi connectivity index (χ2n) is 8.60. The monoisotopic (exact) mass is 458 g/mol. The molecule has 0 saturated carbocycles. The maximum Gasteiger partial charge on any atom is 0.254 e. The Morgan fingerprint density at radius 1 is 1.12 bits per heavy atom. The number of hydrogen-bond donors (Lipinski definition) is 3. The van der Waals surface area contributed by atoms with E-state index in [0.29, 0.717) is 34.3 Å². The number of ether oxygens (including phenoxy) is 1. The third-order valence-electron chi connectivity index (χ3n) is 4.97. The van der Waals surface area contributed by atoms with Crippen LogP contribution >= 0.6 is 0 Å². The van der Waals surface area contributed by atoms with E-state index in [9.17, 15) is 4.79 Å². The van der Waals surface area contributed by atoms with Gasteiger partial charge >= 0.3 is 0 Å². The molecule has 10 nitrogen and oxygen atoms in total. The molecule has 10 heteroatoms. The molecule has 3 aromatic heterocycles. The van der Waals surface area contributed by atoms with Gasteiger partial charge in [-0.1, -0.05) is 12.1 Å². The highest BCUT2D eigenvalue weighted by Gasteiger charge is 2.29. The van der Waals surface area contributed by atoms with Crippen LogP contribution < -0.4 is 21.5 Å². The quantitative estimate of drug-likeness (QED) is 0.357. The molecule has 0 saturated heterocycles. The Labute approximate surface area is 197 Å². The number of benzene rings is 1. The molecule has 34 heavy (non-hydrogen) atoms. The van der Waals surface area contributed by atoms with Crippen LogP contribution in [0, 0.1) is 0 Å². The van der Waals surface area contributed by atoms with E-state index >= 15 is 0 Å². The van der Waals surface area contributed by atoms with Crippen LogP contribution in [0.15, 0.2) is 61.2 Å². The number of primary amides is 1. The highest BCUT2D eigenvalue weighted by Crippen LogP contribution is 2.36. The number of anilines is 3. The molecule has 4 aromatic rings. The molecule has 4 rings (SSSR count). The standard InChI is InChI=1S/C24H26N8O2/c1-24(2,3)32-23(30-19-13-27-10-11-29-19)20(22(26)33)21(31-32)15-7-8-17(25)18(12-15)34-14-16-6-4-5-9-28-16/h4-13H,14,25H2,1-3H3,(H2,26,33)(H,29,30). The number of pyridine rings is 1. The summed E-state index contributed by atoms with van der Waals surface area (Å²) in [5.41, 5.74) is 14.0. The van der Waals surface area contributed by atoms with Gasteiger partial charge in [-0.25, -0.2) is 9.67 Å². The van der Waals surface area contributed by atoms with Crippen molar-refractivity contribution in [1.82, 2.24) is 24.7 Å². The fourth-order valence-corrected chi connectivity index (χ4v) is 3.38. The van der Waals surface area contributed by atoms with Crippen molar-refractivity contribution in [2.24, 2.45) is 5.73 Å². The Balaban J connectivity index is 1.78. The lowest BCUT2D eigenvalue weighted by Crippen LogP contribution is -2.25. The van der Waals surface area contributed by atoms with Crippen molar-refractivity contribution in [3.8, 4) is 17.0 Å². The smallest absolute Gasteiger partial charge is 0.254 e. The summed E-state index contributed by atoms with van der Waals surface area (Å²) >= 11 is 0. The van der Waals surface area contributed by atoms with E-state index < -0.39 is 11.4 Å². The average molecular weight is 459 g/mol. The first-order chi connectivity index (χ1) is 16.2. The van der Waals surface area contributed by atoms with Gasteiger partial charge in [0.1, 0.15) is 35.2 Å². The van der Waals surface area contributed by atoms with E-state index in [1.165, 1.54) is 0 Å². The van der Waals surface area contributed by atoms with Gasteiger partial charge in [0.2, 0.25) is 0 Å². The van der Waals surface area contributed by atoms with E-state index in [1.807, 2.05) is 39.0 Å². The van der Waals surface area contributed by atoms with E-state index in [2.05, 4.69) is 20.3 Å². The highest BCUT2D eigenvalue weighted by molar-refractivity contribution is 6.04. The molecule has 0 aliphatic carbocycles. The summed E-state index contributed by atoms with van der Waals surface area (Å²) < 4.78 is 7.62. The van der Waals surface area contributed by atoms with Gasteiger partial charge in [-0.2, -0.15) is 5.10 Å². The molecule has 0 fully saturated rings. The fraction of sp³-hybridized carbons (Fsp3) is 0.208. The minimum Gasteiger partial charge on any atom is -0.485 e. The Kier molecular flexibility index (Phi) is 6.13. The number of aromatic nitrogens is 5. The molecule has 1 aromatic carbocycles. The predicted molar refractivity (Wildman–Crippen MR) is 129 cm³/mol. The molecule has 3 heterocycles. The first-order valence-corrected chi connectivity index (χ1v) is 10.6. The summed E-state index contributed by atoms with van der Waals surface area (Å²) in [7, 11) is 0. The number of nitrogen functional groups attached to an aromatic ring is 1. The maximum atomic E-state index is 12.6. The number of rotatable bonds is 7. The van der Waals surface area contributed by atoms with Crippen molar-refractivity contribution in [2.45, 2.75) is 32.9 Å². The molecule has 5 N–H and O–H groups in total. The number of amides is 1. The lowest BCUT2D eigenvalue weighted by molar-refractivity contribution is 0.100. The van der Waals surface area contributed by atoms with E-state index in [0.717, 1.165) is 5.69 Å². The number of carbonyl (C=O) groups excluding carboxylic acids is 1. The highest BCUT2D eigenvalue weighted by atomic mass is 16.5. The topological polar surface area (TPSA) is 147 Å². The van der Waals surface area contributed by atoms with Gasteiger partial charge in [0.25, 0.3) is 5.91 Å². The van der Waals surface area contributed by atoms with E-state index in [1.54, 1.807) is 47.7 Å². The Morgan fingerprint density at radius 2 is 1.94 bits per heavy atom. The Morgan fingerprint density at radius 3 is 2.59 bits per heavy atom. The van der Waals surface area contributed by atoms with Gasteiger partial charge in [-0.05, 0) is 45.0 Å². The zero-order chi connectivity index (χ0) is 24.3. The average Bonchev–Trinajstić information content (AvgIpc) is 3.20. The van der Waals surface area contributed by atoms with E-state index in [4.69, 9.17) is 21.3 Å². The summed E-state index contributed by atoms with van der Waals surface area (Å²) in [4.78, 5) is 25.2. The minimum absolute atomic E-state index is 0.223. The van der Waals surface area contributed by atoms with Gasteiger partial charge < -0.3 is 21.5 Å². The third-order valence-corrected chi connectivity index (χ3v) is 4.97. The van der Waals surface area contributed by atoms with Crippen LogP contribution in [0.3, 0.4) is 0 Å². The van der Waals surface area contributed by atoms with Crippen molar-refractivity contribution >= 4 is 23.2 Å². The normalized spacial score (nSPS) is 11.3. The summed E-state index contributed by atoms with van der Waals surface area (Å²) in [6.45, 7) is 6.16. The number of nitrogens with one attached hydrogen (secondary N) is 1. The molecular weight excluding hydrogens is 432 g/mol. The number of carbonyl (C=O) groups is 1. The van der Waals surface area contributed by atoms with Gasteiger partial charge in [-0.15, -0.1) is 0 Å². The van der Waals surface area contributed by atoms with Crippen molar-refractivity contribution in [1.29, 1.82) is 0 Å². The molecule has 0 spiro atoms. The summed E-state index contributed by atoms with van der Waals surface area (Å²) in [6.07, 6.45) is 6.36. The predicted octanol–water partition coefficient (Wildman–Crippen LogP) is 3.49. The molecule has 0 aliphatic rings. The molecule has 0 atom stereocenters. The first-order valence-electron chi connectivity index (χ1n) is 10.6. The van der Waals surface area contributed by atoms with Crippen LogP contribution in [0.4, 0.5) is 17.3 Å². The summed E-state index contributed by atoms with van der Waals surface area (Å²) in [5, 5.41) is 7.91. The molecule has 0 unspecified atom stereocenters. The van der Waals surface area contributed by atoms with Gasteiger partial charge in [0.15, 0.2) is 0 Å². The second-order valence-corrected chi connectivity index (χ2v) is 8.60. The minimum atomic E-state index is -0.635. The molecular formula is C24H26N8O2. The van der Waals surface area contributed by atoms with Crippen LogP contribution in [0.25, 0.3) is 11.3 Å². The van der Waals surface area contributed by atoms with Crippen molar-refractivity contribution in [2.75, 3.05) is 11.1 Å². The molecule has 0 bridgehead atoms. The van der Waals surface area contributed by atoms with Crippen molar-refractivity contribution in [3.63, 3.8) is 0 Å². The summed E-state index contributed by atoms with van der Waals surface area (Å²) in [5.74, 6) is 0.693. The fourth-order valence-electron chi connectivity index (χ4n) is 3.38. The summed E-state index contributed by atoms with van der Waals surface area (Å²) in [6, 6.07) is 10.8. The number of nitrogens with two attached hydrogens (primary N) is 2. The number of nitrogens with zero attached hydrogens (tertiary/aromatic N) is 5. The molecule has 1 amide bonds. The van der Waals surface area contributed by atoms with E-state index in [-0.39, 0.29) is 12.2 Å². The Bertz CT molecular complexity index is 1300. The van der Waals surface area contributed by atoms with Gasteiger partial charge in [0, 0.05) is 24.2 Å². The van der Waals surface area contributed by atoms with Gasteiger partial charge in [-0.3, -0.25) is 14.8 Å². The lowest BCUT2D eigenvalue weighted by Gasteiger charge is -2.22. The zero-order valence-corrected chi connectivity index (χ0v) is 19.2. The molecule has 174 valence electrons. The lowest BCUT2D eigenvalue weighted by atomic mass is 10.1. The maximum absolute atomic E-state index is 12.6.